The molecule has 1 aliphatic carbocycles. The third-order valence-corrected chi connectivity index (χ3v) is 1.72. The van der Waals surface area contributed by atoms with E-state index in [1.807, 2.05) is 6.08 Å². The SMILES string of the molecule is [C-]1=CC2(CC1)OCCO2.[Li+]. The first-order valence-electron chi connectivity index (χ1n) is 3.27. The standard InChI is InChI=1S/C7H9O2.Li/c1-2-4-7(3-1)8-5-6-9-7;/h4H,1,3,5-6H2;/q-1;+1. The molecule has 1 saturated heterocycles. The first kappa shape index (κ1) is 8.35. The van der Waals surface area contributed by atoms with Gasteiger partial charge < -0.3 is 15.5 Å². The van der Waals surface area contributed by atoms with Crippen LogP contribution in [0.15, 0.2) is 6.08 Å². The summed E-state index contributed by atoms with van der Waals surface area (Å²) in [4.78, 5) is 0. The average Bonchev–Trinajstić information content (AvgIpc) is 2.45. The van der Waals surface area contributed by atoms with Gasteiger partial charge in [-0.1, -0.05) is 0 Å². The molecule has 0 saturated carbocycles. The van der Waals surface area contributed by atoms with Crippen LogP contribution in [0.3, 0.4) is 0 Å². The van der Waals surface area contributed by atoms with Crippen LogP contribution in [-0.4, -0.2) is 19.0 Å². The third kappa shape index (κ3) is 1.30. The van der Waals surface area contributed by atoms with Gasteiger partial charge in [0, 0.05) is 0 Å². The molecule has 1 spiro atoms. The van der Waals surface area contributed by atoms with Crippen LogP contribution in [0, 0.1) is 6.08 Å². The Morgan fingerprint density at radius 3 is 2.50 bits per heavy atom. The quantitative estimate of drug-likeness (QED) is 0.277. The van der Waals surface area contributed by atoms with Crippen molar-refractivity contribution < 1.29 is 28.3 Å². The molecular weight excluding hydrogens is 123 g/mol. The van der Waals surface area contributed by atoms with Gasteiger partial charge in [0.2, 0.25) is 0 Å². The summed E-state index contributed by atoms with van der Waals surface area (Å²) in [5.74, 6) is -0.347. The zero-order valence-corrected chi connectivity index (χ0v) is 6.22. The van der Waals surface area contributed by atoms with Crippen LogP contribution in [0.25, 0.3) is 0 Å². The smallest absolute Gasteiger partial charge is 0.495 e. The van der Waals surface area contributed by atoms with Crippen molar-refractivity contribution >= 4 is 0 Å². The molecule has 2 rings (SSSR count). The Bertz CT molecular complexity index is 139. The van der Waals surface area contributed by atoms with Crippen molar-refractivity contribution in [1.29, 1.82) is 0 Å². The van der Waals surface area contributed by atoms with Gasteiger partial charge in [-0.05, 0) is 6.42 Å². The van der Waals surface area contributed by atoms with Crippen LogP contribution in [0.1, 0.15) is 12.8 Å². The minimum atomic E-state index is -0.347. The van der Waals surface area contributed by atoms with Crippen molar-refractivity contribution in [2.45, 2.75) is 18.6 Å². The summed E-state index contributed by atoms with van der Waals surface area (Å²) in [7, 11) is 0. The molecule has 0 amide bonds. The maximum Gasteiger partial charge on any atom is 1.00 e. The van der Waals surface area contributed by atoms with Crippen LogP contribution >= 0.6 is 0 Å². The van der Waals surface area contributed by atoms with Crippen LogP contribution < -0.4 is 18.9 Å². The molecular formula is C7H9LiO2. The van der Waals surface area contributed by atoms with E-state index in [1.165, 1.54) is 0 Å². The topological polar surface area (TPSA) is 18.5 Å². The summed E-state index contributed by atoms with van der Waals surface area (Å²) in [6.45, 7) is 1.47. The van der Waals surface area contributed by atoms with E-state index < -0.39 is 0 Å². The molecule has 2 nitrogen and oxygen atoms in total. The van der Waals surface area contributed by atoms with Crippen molar-refractivity contribution in [3.63, 3.8) is 0 Å². The average molecular weight is 132 g/mol. The van der Waals surface area contributed by atoms with Gasteiger partial charge in [0.05, 0.1) is 13.2 Å². The molecule has 1 fully saturated rings. The van der Waals surface area contributed by atoms with E-state index in [9.17, 15) is 0 Å². The normalized spacial score (nSPS) is 27.2. The van der Waals surface area contributed by atoms with E-state index >= 15 is 0 Å². The second-order valence-electron chi connectivity index (χ2n) is 2.36. The molecule has 0 N–H and O–H groups in total. The maximum absolute atomic E-state index is 5.36. The molecule has 1 heterocycles. The molecule has 0 atom stereocenters. The molecule has 0 bridgehead atoms. The minimum absolute atomic E-state index is 0. The summed E-state index contributed by atoms with van der Waals surface area (Å²) < 4.78 is 10.7. The Hall–Kier alpha value is 0.257. The molecule has 0 radical (unpaired) electrons. The second kappa shape index (κ2) is 3.11. The Balaban J connectivity index is 0.000000500. The van der Waals surface area contributed by atoms with Crippen molar-refractivity contribution in [2.75, 3.05) is 13.2 Å². The number of ether oxygens (including phenoxy) is 2. The van der Waals surface area contributed by atoms with E-state index in [2.05, 4.69) is 6.08 Å². The van der Waals surface area contributed by atoms with Gasteiger partial charge in [-0.25, -0.2) is 6.08 Å². The number of hydrogen-bond donors (Lipinski definition) is 0. The fourth-order valence-electron chi connectivity index (χ4n) is 1.24. The van der Waals surface area contributed by atoms with Gasteiger partial charge >= 0.3 is 18.9 Å². The zero-order chi connectivity index (χ0) is 6.16. The van der Waals surface area contributed by atoms with E-state index in [4.69, 9.17) is 9.47 Å². The molecule has 0 unspecified atom stereocenters. The predicted molar refractivity (Wildman–Crippen MR) is 31.7 cm³/mol. The van der Waals surface area contributed by atoms with Gasteiger partial charge in [0.15, 0.2) is 5.79 Å². The van der Waals surface area contributed by atoms with Crippen molar-refractivity contribution in [3.8, 4) is 0 Å². The van der Waals surface area contributed by atoms with E-state index in [-0.39, 0.29) is 24.6 Å². The molecule has 0 aromatic heterocycles. The molecule has 3 heteroatoms. The van der Waals surface area contributed by atoms with E-state index in [0.29, 0.717) is 0 Å². The first-order chi connectivity index (χ1) is 4.41. The van der Waals surface area contributed by atoms with Gasteiger partial charge in [0.25, 0.3) is 0 Å². The van der Waals surface area contributed by atoms with Gasteiger partial charge in [0.1, 0.15) is 0 Å². The largest absolute Gasteiger partial charge is 1.00 e. The number of rotatable bonds is 0. The van der Waals surface area contributed by atoms with E-state index in [1.54, 1.807) is 0 Å². The van der Waals surface area contributed by atoms with Crippen molar-refractivity contribution in [1.82, 2.24) is 0 Å². The Labute approximate surface area is 72.8 Å². The number of hydrogen-bond acceptors (Lipinski definition) is 2. The molecule has 0 aromatic carbocycles. The third-order valence-electron chi connectivity index (χ3n) is 1.72. The molecule has 2 aliphatic rings. The summed E-state index contributed by atoms with van der Waals surface area (Å²) in [6.07, 6.45) is 6.91. The predicted octanol–water partition coefficient (Wildman–Crippen LogP) is -2.11. The van der Waals surface area contributed by atoms with Gasteiger partial charge in [-0.3, -0.25) is 0 Å². The molecule has 0 aromatic rings. The van der Waals surface area contributed by atoms with Gasteiger partial charge in [-0.2, -0.15) is 6.42 Å². The van der Waals surface area contributed by atoms with Crippen LogP contribution in [0.4, 0.5) is 0 Å². The van der Waals surface area contributed by atoms with Crippen molar-refractivity contribution in [3.05, 3.63) is 12.2 Å². The number of allylic oxidation sites excluding steroid dienone is 1. The second-order valence-corrected chi connectivity index (χ2v) is 2.36. The van der Waals surface area contributed by atoms with E-state index in [0.717, 1.165) is 26.1 Å². The molecule has 50 valence electrons. The van der Waals surface area contributed by atoms with Gasteiger partial charge in [-0.15, -0.1) is 0 Å². The summed E-state index contributed by atoms with van der Waals surface area (Å²) in [5, 5.41) is 0. The summed E-state index contributed by atoms with van der Waals surface area (Å²) in [6, 6.07) is 0. The fourth-order valence-corrected chi connectivity index (χ4v) is 1.24. The maximum atomic E-state index is 5.36. The zero-order valence-electron chi connectivity index (χ0n) is 6.22. The van der Waals surface area contributed by atoms with Crippen LogP contribution in [-0.2, 0) is 9.47 Å². The molecule has 10 heavy (non-hydrogen) atoms. The Morgan fingerprint density at radius 1 is 1.30 bits per heavy atom. The monoisotopic (exact) mass is 132 g/mol. The van der Waals surface area contributed by atoms with Crippen molar-refractivity contribution in [2.24, 2.45) is 0 Å². The fraction of sp³-hybridized carbons (Fsp3) is 0.714. The first-order valence-corrected chi connectivity index (χ1v) is 3.27. The van der Waals surface area contributed by atoms with Crippen LogP contribution in [0.2, 0.25) is 0 Å². The molecule has 1 aliphatic heterocycles. The minimum Gasteiger partial charge on any atom is -0.495 e. The Kier molecular flexibility index (Phi) is 2.59. The summed E-state index contributed by atoms with van der Waals surface area (Å²) in [5.41, 5.74) is 0. The van der Waals surface area contributed by atoms with Crippen LogP contribution in [0.5, 0.6) is 0 Å². The summed E-state index contributed by atoms with van der Waals surface area (Å²) >= 11 is 0. The Morgan fingerprint density at radius 2 is 2.00 bits per heavy atom.